The summed E-state index contributed by atoms with van der Waals surface area (Å²) in [6.07, 6.45) is 1.74. The van der Waals surface area contributed by atoms with Gasteiger partial charge in [-0.15, -0.1) is 0 Å². The van der Waals surface area contributed by atoms with E-state index in [2.05, 4.69) is 24.8 Å². The van der Waals surface area contributed by atoms with Gasteiger partial charge in [-0.1, -0.05) is 6.92 Å². The highest BCUT2D eigenvalue weighted by Gasteiger charge is 2.20. The van der Waals surface area contributed by atoms with Gasteiger partial charge in [-0.05, 0) is 51.4 Å². The number of likely N-dealkylation sites (N-methyl/N-ethyl adjacent to an activating group) is 1. The Morgan fingerprint density at radius 3 is 2.52 bits per heavy atom. The number of carbonyl (C=O) groups excluding carboxylic acids is 1. The highest BCUT2D eigenvalue weighted by atomic mass is 16.5. The predicted molar refractivity (Wildman–Crippen MR) is 109 cm³/mol. The van der Waals surface area contributed by atoms with Crippen molar-refractivity contribution in [2.45, 2.75) is 34.6 Å². The Morgan fingerprint density at radius 1 is 1.19 bits per heavy atom. The van der Waals surface area contributed by atoms with E-state index in [0.717, 1.165) is 71.9 Å². The lowest BCUT2D eigenvalue weighted by Crippen LogP contribution is -2.48. The van der Waals surface area contributed by atoms with E-state index in [1.54, 1.807) is 6.08 Å². The molecule has 5 nitrogen and oxygen atoms in total. The lowest BCUT2D eigenvalue weighted by atomic mass is 10.0. The number of aryl methyl sites for hydroxylation is 2. The largest absolute Gasteiger partial charge is 0.493 e. The predicted octanol–water partition coefficient (Wildman–Crippen LogP) is 4.02. The van der Waals surface area contributed by atoms with Crippen LogP contribution in [0.4, 0.5) is 0 Å². The van der Waals surface area contributed by atoms with Gasteiger partial charge in [0.1, 0.15) is 17.1 Å². The fourth-order valence-electron chi connectivity index (χ4n) is 3.59. The summed E-state index contributed by atoms with van der Waals surface area (Å²) >= 11 is 0. The summed E-state index contributed by atoms with van der Waals surface area (Å²) in [5, 5.41) is 1.07. The Kier molecular flexibility index (Phi) is 5.90. The molecule has 1 aromatic heterocycles. The maximum absolute atomic E-state index is 12.8. The molecule has 1 fully saturated rings. The van der Waals surface area contributed by atoms with Crippen molar-refractivity contribution in [3.05, 3.63) is 35.1 Å². The Balaban J connectivity index is 1.90. The van der Waals surface area contributed by atoms with Crippen molar-refractivity contribution in [2.75, 3.05) is 39.3 Å². The number of carbonyl (C=O) groups is 1. The van der Waals surface area contributed by atoms with Crippen molar-refractivity contribution in [1.82, 2.24) is 9.80 Å². The van der Waals surface area contributed by atoms with Crippen molar-refractivity contribution in [1.29, 1.82) is 0 Å². The minimum Gasteiger partial charge on any atom is -0.493 e. The molecule has 1 amide bonds. The lowest BCUT2D eigenvalue weighted by Gasteiger charge is -2.33. The average Bonchev–Trinajstić information content (AvgIpc) is 2.94. The van der Waals surface area contributed by atoms with Crippen molar-refractivity contribution in [3.63, 3.8) is 0 Å². The summed E-state index contributed by atoms with van der Waals surface area (Å²) in [7, 11) is 0. The summed E-state index contributed by atoms with van der Waals surface area (Å²) < 4.78 is 11.7. The van der Waals surface area contributed by atoms with Gasteiger partial charge in [0.05, 0.1) is 6.61 Å². The third-order valence-electron chi connectivity index (χ3n) is 5.47. The zero-order valence-corrected chi connectivity index (χ0v) is 17.1. The van der Waals surface area contributed by atoms with Crippen molar-refractivity contribution < 1.29 is 13.9 Å². The summed E-state index contributed by atoms with van der Waals surface area (Å²) in [5.41, 5.74) is 3.83. The van der Waals surface area contributed by atoms with Crippen LogP contribution >= 0.6 is 0 Å². The minimum atomic E-state index is 0.0749. The number of hydrogen-bond acceptors (Lipinski definition) is 4. The molecular weight excluding hydrogens is 340 g/mol. The van der Waals surface area contributed by atoms with Crippen LogP contribution in [0, 0.1) is 13.8 Å². The first-order valence-corrected chi connectivity index (χ1v) is 9.81. The molecule has 3 rings (SSSR count). The first-order chi connectivity index (χ1) is 12.9. The molecule has 0 spiro atoms. The Labute approximate surface area is 161 Å². The molecule has 1 aliphatic rings. The third kappa shape index (κ3) is 4.03. The Morgan fingerprint density at radius 2 is 1.89 bits per heavy atom. The van der Waals surface area contributed by atoms with Crippen LogP contribution in [0.15, 0.2) is 22.6 Å². The molecular formula is C22H30N2O3. The number of ether oxygens (including phenoxy) is 1. The van der Waals surface area contributed by atoms with Gasteiger partial charge >= 0.3 is 0 Å². The quantitative estimate of drug-likeness (QED) is 0.746. The van der Waals surface area contributed by atoms with Gasteiger partial charge in [-0.25, -0.2) is 0 Å². The van der Waals surface area contributed by atoms with Gasteiger partial charge in [0, 0.05) is 49.3 Å². The minimum absolute atomic E-state index is 0.0749. The smallest absolute Gasteiger partial charge is 0.246 e. The van der Waals surface area contributed by atoms with Crippen LogP contribution in [0.2, 0.25) is 0 Å². The summed E-state index contributed by atoms with van der Waals surface area (Å²) in [6, 6.07) is 4.02. The number of rotatable bonds is 5. The molecule has 0 aliphatic carbocycles. The molecule has 0 atom stereocenters. The number of piperazine rings is 1. The van der Waals surface area contributed by atoms with Crippen molar-refractivity contribution >= 4 is 22.4 Å². The zero-order valence-electron chi connectivity index (χ0n) is 17.1. The first-order valence-electron chi connectivity index (χ1n) is 9.81. The zero-order chi connectivity index (χ0) is 19.6. The second-order valence-electron chi connectivity index (χ2n) is 7.15. The molecule has 27 heavy (non-hydrogen) atoms. The molecule has 1 saturated heterocycles. The standard InChI is InChI=1S/C22H30N2O3/c1-6-23-8-10-24(11-9-23)22(25)12-15(3)18-13-19-16(4)17(5)27-21(19)14-20(18)26-7-2/h12-14H,6-11H2,1-5H3/b15-12+. The lowest BCUT2D eigenvalue weighted by molar-refractivity contribution is -0.127. The topological polar surface area (TPSA) is 45.9 Å². The van der Waals surface area contributed by atoms with E-state index in [9.17, 15) is 4.79 Å². The highest BCUT2D eigenvalue weighted by molar-refractivity contribution is 5.97. The average molecular weight is 370 g/mol. The maximum atomic E-state index is 12.8. The molecule has 0 bridgehead atoms. The summed E-state index contributed by atoms with van der Waals surface area (Å²) in [4.78, 5) is 17.1. The number of furan rings is 1. The molecule has 1 aromatic carbocycles. The van der Waals surface area contributed by atoms with Gasteiger partial charge in [0.2, 0.25) is 5.91 Å². The number of hydrogen-bond donors (Lipinski definition) is 0. The second-order valence-corrected chi connectivity index (χ2v) is 7.15. The van der Waals surface area contributed by atoms with Gasteiger partial charge < -0.3 is 19.0 Å². The van der Waals surface area contributed by atoms with E-state index in [1.807, 2.05) is 31.7 Å². The number of nitrogens with zero attached hydrogens (tertiary/aromatic N) is 2. The van der Waals surface area contributed by atoms with Crippen LogP contribution < -0.4 is 4.74 Å². The molecule has 0 radical (unpaired) electrons. The van der Waals surface area contributed by atoms with Crippen molar-refractivity contribution in [3.8, 4) is 5.75 Å². The highest BCUT2D eigenvalue weighted by Crippen LogP contribution is 2.35. The van der Waals surface area contributed by atoms with E-state index >= 15 is 0 Å². The van der Waals surface area contributed by atoms with Gasteiger partial charge in [0.25, 0.3) is 0 Å². The van der Waals surface area contributed by atoms with E-state index in [1.165, 1.54) is 0 Å². The molecule has 0 saturated carbocycles. The monoisotopic (exact) mass is 370 g/mol. The molecule has 146 valence electrons. The first kappa shape index (κ1) is 19.5. The van der Waals surface area contributed by atoms with Gasteiger partial charge in [-0.2, -0.15) is 0 Å². The van der Waals surface area contributed by atoms with Crippen LogP contribution in [-0.2, 0) is 4.79 Å². The second kappa shape index (κ2) is 8.17. The fourth-order valence-corrected chi connectivity index (χ4v) is 3.59. The Hall–Kier alpha value is -2.27. The Bertz CT molecular complexity index is 858. The SMILES string of the molecule is CCOc1cc2oc(C)c(C)c2cc1/C(C)=C/C(=O)N1CCN(CC)CC1. The summed E-state index contributed by atoms with van der Waals surface area (Å²) in [5.74, 6) is 1.75. The molecule has 5 heteroatoms. The maximum Gasteiger partial charge on any atom is 0.246 e. The van der Waals surface area contributed by atoms with E-state index < -0.39 is 0 Å². The third-order valence-corrected chi connectivity index (χ3v) is 5.47. The normalized spacial score (nSPS) is 16.2. The van der Waals surface area contributed by atoms with Crippen LogP contribution in [0.3, 0.4) is 0 Å². The molecule has 0 unspecified atom stereocenters. The van der Waals surface area contributed by atoms with Gasteiger partial charge in [0.15, 0.2) is 0 Å². The molecule has 1 aliphatic heterocycles. The number of amides is 1. The molecule has 2 aromatic rings. The van der Waals surface area contributed by atoms with Crippen LogP contribution in [-0.4, -0.2) is 55.0 Å². The number of fused-ring (bicyclic) bond motifs is 1. The molecule has 2 heterocycles. The van der Waals surface area contributed by atoms with Crippen molar-refractivity contribution in [2.24, 2.45) is 0 Å². The number of allylic oxidation sites excluding steroid dienone is 1. The summed E-state index contributed by atoms with van der Waals surface area (Å²) in [6.45, 7) is 15.2. The molecule has 0 N–H and O–H groups in total. The van der Waals surface area contributed by atoms with E-state index in [-0.39, 0.29) is 5.91 Å². The van der Waals surface area contributed by atoms with E-state index in [0.29, 0.717) is 6.61 Å². The van der Waals surface area contributed by atoms with Crippen LogP contribution in [0.1, 0.15) is 37.7 Å². The number of benzene rings is 1. The van der Waals surface area contributed by atoms with E-state index in [4.69, 9.17) is 9.15 Å². The van der Waals surface area contributed by atoms with Crippen LogP contribution in [0.5, 0.6) is 5.75 Å². The van der Waals surface area contributed by atoms with Gasteiger partial charge in [-0.3, -0.25) is 4.79 Å². The fraction of sp³-hybridized carbons (Fsp3) is 0.500. The van der Waals surface area contributed by atoms with Crippen LogP contribution in [0.25, 0.3) is 16.5 Å².